The van der Waals surface area contributed by atoms with E-state index in [0.29, 0.717) is 6.61 Å². The number of fused-ring (bicyclic) bond motifs is 1. The zero-order valence-electron chi connectivity index (χ0n) is 7.04. The van der Waals surface area contributed by atoms with E-state index in [2.05, 4.69) is 6.42 Å². The molecule has 2 heteroatoms. The molecule has 1 aromatic rings. The summed E-state index contributed by atoms with van der Waals surface area (Å²) in [7, 11) is 1.66. The molecule has 2 rings (SSSR count). The Morgan fingerprint density at radius 1 is 1.42 bits per heavy atom. The van der Waals surface area contributed by atoms with Gasteiger partial charge in [0.2, 0.25) is 0 Å². The Hall–Kier alpha value is -1.18. The Bertz CT molecular complexity index is 281. The average molecular weight is 163 g/mol. The van der Waals surface area contributed by atoms with Crippen LogP contribution in [0.4, 0.5) is 0 Å². The minimum Gasteiger partial charge on any atom is -0.497 e. The van der Waals surface area contributed by atoms with Gasteiger partial charge < -0.3 is 9.47 Å². The second-order valence-electron chi connectivity index (χ2n) is 2.78. The van der Waals surface area contributed by atoms with Crippen LogP contribution in [0.15, 0.2) is 18.2 Å². The average Bonchev–Trinajstić information content (AvgIpc) is 2.17. The molecule has 0 atom stereocenters. The highest BCUT2D eigenvalue weighted by atomic mass is 16.5. The highest BCUT2D eigenvalue weighted by molar-refractivity contribution is 5.42. The lowest BCUT2D eigenvalue weighted by atomic mass is 10.1. The predicted octanol–water partition coefficient (Wildman–Crippen LogP) is 1.83. The molecule has 1 aliphatic rings. The van der Waals surface area contributed by atoms with Gasteiger partial charge in [0.1, 0.15) is 11.5 Å². The van der Waals surface area contributed by atoms with Crippen LogP contribution in [0.3, 0.4) is 0 Å². The molecule has 63 valence electrons. The van der Waals surface area contributed by atoms with Gasteiger partial charge in [0.15, 0.2) is 0 Å². The van der Waals surface area contributed by atoms with E-state index in [1.54, 1.807) is 7.11 Å². The van der Waals surface area contributed by atoms with E-state index >= 15 is 0 Å². The lowest BCUT2D eigenvalue weighted by Crippen LogP contribution is -2.08. The summed E-state index contributed by atoms with van der Waals surface area (Å²) >= 11 is 0. The van der Waals surface area contributed by atoms with E-state index in [0.717, 1.165) is 17.9 Å². The number of rotatable bonds is 1. The molecule has 1 aromatic carbocycles. The van der Waals surface area contributed by atoms with Crippen molar-refractivity contribution < 1.29 is 9.47 Å². The monoisotopic (exact) mass is 163 g/mol. The van der Waals surface area contributed by atoms with Crippen molar-refractivity contribution in [2.45, 2.75) is 6.42 Å². The van der Waals surface area contributed by atoms with Crippen molar-refractivity contribution in [1.82, 2.24) is 0 Å². The molecule has 1 heterocycles. The van der Waals surface area contributed by atoms with Crippen molar-refractivity contribution in [2.24, 2.45) is 0 Å². The van der Waals surface area contributed by atoms with Gasteiger partial charge in [-0.2, -0.15) is 0 Å². The zero-order valence-corrected chi connectivity index (χ0v) is 7.04. The number of hydrogen-bond acceptors (Lipinski definition) is 2. The van der Waals surface area contributed by atoms with Crippen LogP contribution in [0.2, 0.25) is 0 Å². The first-order valence-electron chi connectivity index (χ1n) is 4.01. The summed E-state index contributed by atoms with van der Waals surface area (Å²) in [6.45, 7) is 0.708. The Morgan fingerprint density at radius 3 is 3.17 bits per heavy atom. The van der Waals surface area contributed by atoms with Crippen LogP contribution < -0.4 is 9.47 Å². The van der Waals surface area contributed by atoms with Crippen LogP contribution in [0.25, 0.3) is 0 Å². The second-order valence-corrected chi connectivity index (χ2v) is 2.78. The molecule has 2 nitrogen and oxygen atoms in total. The number of hydrogen-bond donors (Lipinski definition) is 0. The molecule has 0 aromatic heterocycles. The first-order chi connectivity index (χ1) is 5.90. The van der Waals surface area contributed by atoms with Crippen molar-refractivity contribution >= 4 is 0 Å². The summed E-state index contributed by atoms with van der Waals surface area (Å²) in [5, 5.41) is 0. The molecule has 0 aliphatic carbocycles. The number of methoxy groups -OCH3 is 1. The van der Waals surface area contributed by atoms with Crippen LogP contribution in [0.1, 0.15) is 5.56 Å². The van der Waals surface area contributed by atoms with Crippen LogP contribution in [-0.2, 0) is 6.42 Å². The van der Waals surface area contributed by atoms with E-state index < -0.39 is 0 Å². The highest BCUT2D eigenvalue weighted by Crippen LogP contribution is 2.28. The third-order valence-electron chi connectivity index (χ3n) is 2.00. The molecule has 0 spiro atoms. The Labute approximate surface area is 72.1 Å². The summed E-state index contributed by atoms with van der Waals surface area (Å²) in [6, 6.07) is 5.94. The van der Waals surface area contributed by atoms with Gasteiger partial charge in [-0.1, -0.05) is 6.07 Å². The van der Waals surface area contributed by atoms with Crippen molar-refractivity contribution in [1.29, 1.82) is 0 Å². The first-order valence-corrected chi connectivity index (χ1v) is 4.01. The van der Waals surface area contributed by atoms with Crippen LogP contribution in [-0.4, -0.2) is 13.7 Å². The highest BCUT2D eigenvalue weighted by Gasteiger charge is 2.10. The molecule has 0 saturated carbocycles. The summed E-state index contributed by atoms with van der Waals surface area (Å²) in [6.07, 6.45) is 3.12. The van der Waals surface area contributed by atoms with Gasteiger partial charge >= 0.3 is 0 Å². The molecule has 0 bridgehead atoms. The van der Waals surface area contributed by atoms with E-state index in [4.69, 9.17) is 9.47 Å². The molecule has 1 radical (unpaired) electrons. The molecule has 1 aliphatic heterocycles. The van der Waals surface area contributed by atoms with Crippen molar-refractivity contribution in [3.05, 3.63) is 30.2 Å². The van der Waals surface area contributed by atoms with Gasteiger partial charge in [-0.3, -0.25) is 0 Å². The fourth-order valence-electron chi connectivity index (χ4n) is 1.33. The number of ether oxygens (including phenoxy) is 2. The molecule has 0 N–H and O–H groups in total. The van der Waals surface area contributed by atoms with Gasteiger partial charge in [0.25, 0.3) is 0 Å². The quantitative estimate of drug-likeness (QED) is 0.628. The Kier molecular flexibility index (Phi) is 1.90. The Morgan fingerprint density at radius 2 is 2.33 bits per heavy atom. The van der Waals surface area contributed by atoms with Crippen molar-refractivity contribution in [2.75, 3.05) is 13.7 Å². The van der Waals surface area contributed by atoms with Gasteiger partial charge in [-0.25, -0.2) is 0 Å². The maximum Gasteiger partial charge on any atom is 0.126 e. The summed E-state index contributed by atoms with van der Waals surface area (Å²) in [4.78, 5) is 0. The molecule has 0 amide bonds. The SMILES string of the molecule is COc1ccc2c(c1)OC[CH]C2. The first kappa shape index (κ1) is 7.47. The fraction of sp³-hybridized carbons (Fsp3) is 0.300. The largest absolute Gasteiger partial charge is 0.497 e. The summed E-state index contributed by atoms with van der Waals surface area (Å²) in [5.41, 5.74) is 1.24. The molecule has 0 fully saturated rings. The maximum absolute atomic E-state index is 5.43. The predicted molar refractivity (Wildman–Crippen MR) is 46.5 cm³/mol. The molecule has 12 heavy (non-hydrogen) atoms. The summed E-state index contributed by atoms with van der Waals surface area (Å²) in [5.74, 6) is 1.81. The lowest BCUT2D eigenvalue weighted by molar-refractivity contribution is 0.324. The third kappa shape index (κ3) is 1.24. The van der Waals surface area contributed by atoms with Gasteiger partial charge in [-0.15, -0.1) is 0 Å². The van der Waals surface area contributed by atoms with E-state index in [-0.39, 0.29) is 0 Å². The standard InChI is InChI=1S/C10H11O2/c1-11-9-5-4-8-3-2-6-12-10(8)7-9/h2,4-5,7H,3,6H2,1H3. The third-order valence-corrected chi connectivity index (χ3v) is 2.00. The maximum atomic E-state index is 5.43. The van der Waals surface area contributed by atoms with Gasteiger partial charge in [0, 0.05) is 12.5 Å². The Balaban J connectivity index is 2.36. The lowest BCUT2D eigenvalue weighted by Gasteiger charge is -2.17. The van der Waals surface area contributed by atoms with E-state index in [9.17, 15) is 0 Å². The number of benzene rings is 1. The van der Waals surface area contributed by atoms with E-state index in [1.807, 2.05) is 18.2 Å². The topological polar surface area (TPSA) is 18.5 Å². The molecule has 0 saturated heterocycles. The van der Waals surface area contributed by atoms with Crippen LogP contribution in [0.5, 0.6) is 11.5 Å². The minimum absolute atomic E-state index is 0.708. The molecule has 0 unspecified atom stereocenters. The van der Waals surface area contributed by atoms with Crippen molar-refractivity contribution in [3.8, 4) is 11.5 Å². The molecular formula is C10H11O2. The summed E-state index contributed by atoms with van der Waals surface area (Å²) < 4.78 is 10.5. The second kappa shape index (κ2) is 3.05. The van der Waals surface area contributed by atoms with E-state index in [1.165, 1.54) is 5.56 Å². The zero-order chi connectivity index (χ0) is 8.39. The minimum atomic E-state index is 0.708. The normalized spacial score (nSPS) is 14.8. The van der Waals surface area contributed by atoms with Crippen LogP contribution in [0, 0.1) is 6.42 Å². The van der Waals surface area contributed by atoms with Crippen molar-refractivity contribution in [3.63, 3.8) is 0 Å². The van der Waals surface area contributed by atoms with Gasteiger partial charge in [0.05, 0.1) is 13.7 Å². The van der Waals surface area contributed by atoms with Crippen LogP contribution >= 0.6 is 0 Å². The van der Waals surface area contributed by atoms with Gasteiger partial charge in [-0.05, 0) is 18.1 Å². The fourth-order valence-corrected chi connectivity index (χ4v) is 1.33. The smallest absolute Gasteiger partial charge is 0.126 e. The molecular weight excluding hydrogens is 152 g/mol.